The van der Waals surface area contributed by atoms with Gasteiger partial charge in [-0.3, -0.25) is 0 Å². The Morgan fingerprint density at radius 3 is 1.39 bits per heavy atom. The van der Waals surface area contributed by atoms with Crippen molar-refractivity contribution in [3.05, 3.63) is 60.2 Å². The maximum absolute atomic E-state index is 13.0. The Morgan fingerprint density at radius 1 is 0.679 bits per heavy atom. The number of urea groups is 2. The van der Waals surface area contributed by atoms with Gasteiger partial charge in [-0.2, -0.15) is 0 Å². The Kier molecular flexibility index (Phi) is 6.41. The Balaban J connectivity index is 1.54. The molecule has 8 heteroatoms. The molecule has 0 spiro atoms. The molecule has 2 atom stereocenters. The van der Waals surface area contributed by atoms with Crippen molar-refractivity contribution >= 4 is 23.4 Å². The first kappa shape index (κ1) is 19.6. The third kappa shape index (κ3) is 5.67. The van der Waals surface area contributed by atoms with Crippen LogP contribution in [-0.2, 0) is 0 Å². The molecule has 3 rings (SSSR count). The second-order valence-corrected chi connectivity index (χ2v) is 6.71. The first-order chi connectivity index (χ1) is 13.5. The molecule has 28 heavy (non-hydrogen) atoms. The monoisotopic (exact) mass is 388 g/mol. The zero-order chi connectivity index (χ0) is 19.9. The average molecular weight is 388 g/mol. The van der Waals surface area contributed by atoms with Crippen molar-refractivity contribution < 1.29 is 18.4 Å². The summed E-state index contributed by atoms with van der Waals surface area (Å²) in [4.78, 5) is 24.5. The summed E-state index contributed by atoms with van der Waals surface area (Å²) in [5.41, 5.74) is 0.960. The maximum atomic E-state index is 13.0. The van der Waals surface area contributed by atoms with Crippen molar-refractivity contribution in [3.8, 4) is 0 Å². The van der Waals surface area contributed by atoms with Crippen molar-refractivity contribution in [2.75, 3.05) is 10.6 Å². The van der Waals surface area contributed by atoms with E-state index in [1.807, 2.05) is 0 Å². The van der Waals surface area contributed by atoms with E-state index >= 15 is 0 Å². The molecule has 6 nitrogen and oxygen atoms in total. The molecule has 0 aromatic heterocycles. The van der Waals surface area contributed by atoms with Crippen LogP contribution < -0.4 is 21.3 Å². The van der Waals surface area contributed by atoms with Crippen LogP contribution in [0.1, 0.15) is 25.7 Å². The Bertz CT molecular complexity index is 742. The molecule has 1 fully saturated rings. The normalized spacial score (nSPS) is 18.8. The van der Waals surface area contributed by atoms with Gasteiger partial charge in [0.25, 0.3) is 0 Å². The SMILES string of the molecule is O=C(Nc1ccc(F)cc1)NC1CCCCC1NC(=O)Nc1ccc(F)cc1. The predicted molar refractivity (Wildman–Crippen MR) is 103 cm³/mol. The zero-order valence-corrected chi connectivity index (χ0v) is 15.2. The molecule has 148 valence electrons. The minimum Gasteiger partial charge on any atom is -0.333 e. The third-order valence-electron chi connectivity index (χ3n) is 4.60. The zero-order valence-electron chi connectivity index (χ0n) is 15.2. The molecular weight excluding hydrogens is 366 g/mol. The van der Waals surface area contributed by atoms with Crippen LogP contribution in [0.3, 0.4) is 0 Å². The second kappa shape index (κ2) is 9.16. The molecule has 4 N–H and O–H groups in total. The number of halogens is 2. The van der Waals surface area contributed by atoms with E-state index in [0.29, 0.717) is 11.4 Å². The lowest BCUT2D eigenvalue weighted by Crippen LogP contribution is -2.54. The van der Waals surface area contributed by atoms with Crippen LogP contribution in [-0.4, -0.2) is 24.1 Å². The van der Waals surface area contributed by atoms with Crippen molar-refractivity contribution in [3.63, 3.8) is 0 Å². The van der Waals surface area contributed by atoms with E-state index in [1.54, 1.807) is 0 Å². The van der Waals surface area contributed by atoms with Crippen LogP contribution in [0.25, 0.3) is 0 Å². The average Bonchev–Trinajstić information content (AvgIpc) is 2.67. The highest BCUT2D eigenvalue weighted by Gasteiger charge is 2.28. The summed E-state index contributed by atoms with van der Waals surface area (Å²) < 4.78 is 25.9. The summed E-state index contributed by atoms with van der Waals surface area (Å²) in [6, 6.07) is 9.67. The number of benzene rings is 2. The van der Waals surface area contributed by atoms with Crippen LogP contribution in [0, 0.1) is 11.6 Å². The van der Waals surface area contributed by atoms with Gasteiger partial charge in [-0.05, 0) is 61.4 Å². The molecule has 4 amide bonds. The lowest BCUT2D eigenvalue weighted by Gasteiger charge is -2.32. The van der Waals surface area contributed by atoms with Gasteiger partial charge in [0.1, 0.15) is 11.6 Å². The van der Waals surface area contributed by atoms with Gasteiger partial charge < -0.3 is 21.3 Å². The highest BCUT2D eigenvalue weighted by atomic mass is 19.1. The molecule has 2 aromatic carbocycles. The molecule has 0 heterocycles. The number of anilines is 2. The quantitative estimate of drug-likeness (QED) is 0.633. The van der Waals surface area contributed by atoms with Crippen LogP contribution in [0.5, 0.6) is 0 Å². The lowest BCUT2D eigenvalue weighted by atomic mass is 9.90. The van der Waals surface area contributed by atoms with Crippen LogP contribution >= 0.6 is 0 Å². The highest BCUT2D eigenvalue weighted by Crippen LogP contribution is 2.19. The van der Waals surface area contributed by atoms with Gasteiger partial charge in [-0.25, -0.2) is 18.4 Å². The van der Waals surface area contributed by atoms with Crippen molar-refractivity contribution in [1.29, 1.82) is 0 Å². The van der Waals surface area contributed by atoms with Gasteiger partial charge in [-0.1, -0.05) is 12.8 Å². The molecule has 0 bridgehead atoms. The number of hydrogen-bond acceptors (Lipinski definition) is 2. The fraction of sp³-hybridized carbons (Fsp3) is 0.300. The number of carbonyl (C=O) groups is 2. The summed E-state index contributed by atoms with van der Waals surface area (Å²) in [7, 11) is 0. The molecule has 2 aromatic rings. The van der Waals surface area contributed by atoms with Gasteiger partial charge >= 0.3 is 12.1 Å². The maximum Gasteiger partial charge on any atom is 0.319 e. The predicted octanol–water partition coefficient (Wildman–Crippen LogP) is 4.22. The Hall–Kier alpha value is -3.16. The van der Waals surface area contributed by atoms with Crippen molar-refractivity contribution in [2.24, 2.45) is 0 Å². The topological polar surface area (TPSA) is 82.3 Å². The van der Waals surface area contributed by atoms with Gasteiger partial charge in [0, 0.05) is 11.4 Å². The van der Waals surface area contributed by atoms with E-state index in [-0.39, 0.29) is 23.7 Å². The summed E-state index contributed by atoms with van der Waals surface area (Å²) in [5, 5.41) is 11.1. The van der Waals surface area contributed by atoms with Gasteiger partial charge in [-0.15, -0.1) is 0 Å². The lowest BCUT2D eigenvalue weighted by molar-refractivity contribution is 0.225. The number of rotatable bonds is 4. The standard InChI is InChI=1S/C20H22F2N4O2/c21-13-5-9-15(10-6-13)23-19(27)25-17-3-1-2-4-18(17)26-20(28)24-16-11-7-14(22)8-12-16/h5-12,17-18H,1-4H2,(H2,23,25,27)(H2,24,26,28). The number of carbonyl (C=O) groups excluding carboxylic acids is 2. The van der Waals surface area contributed by atoms with Crippen molar-refractivity contribution in [2.45, 2.75) is 37.8 Å². The highest BCUT2D eigenvalue weighted by molar-refractivity contribution is 5.90. The smallest absolute Gasteiger partial charge is 0.319 e. The minimum absolute atomic E-state index is 0.229. The number of amides is 4. The van der Waals surface area contributed by atoms with Crippen molar-refractivity contribution in [1.82, 2.24) is 10.6 Å². The third-order valence-corrected chi connectivity index (χ3v) is 4.60. The summed E-state index contributed by atoms with van der Waals surface area (Å²) in [5.74, 6) is -0.760. The molecule has 1 aliphatic carbocycles. The molecule has 1 saturated carbocycles. The van der Waals surface area contributed by atoms with Crippen LogP contribution in [0.15, 0.2) is 48.5 Å². The second-order valence-electron chi connectivity index (χ2n) is 6.71. The molecule has 1 aliphatic rings. The van der Waals surface area contributed by atoms with E-state index in [0.717, 1.165) is 25.7 Å². The summed E-state index contributed by atoms with van der Waals surface area (Å²) >= 11 is 0. The van der Waals surface area contributed by atoms with E-state index in [1.165, 1.54) is 48.5 Å². The van der Waals surface area contributed by atoms with Gasteiger partial charge in [0.05, 0.1) is 12.1 Å². The first-order valence-corrected chi connectivity index (χ1v) is 9.16. The number of nitrogens with one attached hydrogen (secondary N) is 4. The fourth-order valence-corrected chi connectivity index (χ4v) is 3.21. The Labute approximate surface area is 161 Å². The largest absolute Gasteiger partial charge is 0.333 e. The summed E-state index contributed by atoms with van der Waals surface area (Å²) in [6.07, 6.45) is 3.36. The fourth-order valence-electron chi connectivity index (χ4n) is 3.21. The summed E-state index contributed by atoms with van der Waals surface area (Å²) in [6.45, 7) is 0. The van der Waals surface area contributed by atoms with E-state index in [9.17, 15) is 18.4 Å². The van der Waals surface area contributed by atoms with Gasteiger partial charge in [0.2, 0.25) is 0 Å². The molecular formula is C20H22F2N4O2. The molecule has 0 aliphatic heterocycles. The minimum atomic E-state index is -0.413. The molecule has 0 radical (unpaired) electrons. The molecule has 2 unspecified atom stereocenters. The Morgan fingerprint density at radius 2 is 1.04 bits per heavy atom. The number of hydrogen-bond donors (Lipinski definition) is 4. The van der Waals surface area contributed by atoms with E-state index < -0.39 is 12.1 Å². The first-order valence-electron chi connectivity index (χ1n) is 9.16. The van der Waals surface area contributed by atoms with Gasteiger partial charge in [0.15, 0.2) is 0 Å². The van der Waals surface area contributed by atoms with E-state index in [4.69, 9.17) is 0 Å². The van der Waals surface area contributed by atoms with E-state index in [2.05, 4.69) is 21.3 Å². The molecule has 0 saturated heterocycles. The van der Waals surface area contributed by atoms with Crippen LogP contribution in [0.2, 0.25) is 0 Å². The van der Waals surface area contributed by atoms with Crippen LogP contribution in [0.4, 0.5) is 29.7 Å².